The van der Waals surface area contributed by atoms with Crippen molar-refractivity contribution in [1.29, 1.82) is 0 Å². The van der Waals surface area contributed by atoms with Gasteiger partial charge in [-0.25, -0.2) is 4.39 Å². The topological polar surface area (TPSA) is 20.3 Å². The number of hydrogen-bond acceptors (Lipinski definition) is 2. The maximum atomic E-state index is 13.9. The highest BCUT2D eigenvalue weighted by molar-refractivity contribution is 9.10. The van der Waals surface area contributed by atoms with Crippen LogP contribution in [-0.2, 0) is 6.54 Å². The van der Waals surface area contributed by atoms with Gasteiger partial charge in [-0.15, -0.1) is 0 Å². The molecule has 0 unspecified atom stereocenters. The zero-order valence-electron chi connectivity index (χ0n) is 11.9. The number of nitrogens with zero attached hydrogens (tertiary/aromatic N) is 1. The van der Waals surface area contributed by atoms with E-state index in [0.29, 0.717) is 10.0 Å². The van der Waals surface area contributed by atoms with Crippen molar-refractivity contribution in [2.75, 3.05) is 13.1 Å². The molecule has 22 heavy (non-hydrogen) atoms. The Morgan fingerprint density at radius 3 is 2.41 bits per heavy atom. The van der Waals surface area contributed by atoms with Gasteiger partial charge in [-0.05, 0) is 23.8 Å². The molecule has 0 fully saturated rings. The highest BCUT2D eigenvalue weighted by Gasteiger charge is 2.14. The van der Waals surface area contributed by atoms with Gasteiger partial charge >= 0.3 is 0 Å². The van der Waals surface area contributed by atoms with Gasteiger partial charge in [0.15, 0.2) is 5.78 Å². The molecule has 1 aliphatic heterocycles. The predicted molar refractivity (Wildman–Crippen MR) is 88.4 cm³/mol. The summed E-state index contributed by atoms with van der Waals surface area (Å²) < 4.78 is 14.5. The van der Waals surface area contributed by atoms with Gasteiger partial charge in [-0.2, -0.15) is 0 Å². The number of ketones is 1. The predicted octanol–water partition coefficient (Wildman–Crippen LogP) is 4.19. The smallest absolute Gasteiger partial charge is 0.195 e. The molecule has 0 atom stereocenters. The summed E-state index contributed by atoms with van der Waals surface area (Å²) in [5.74, 6) is -0.800. The average Bonchev–Trinajstić information content (AvgIpc) is 3.00. The maximum Gasteiger partial charge on any atom is 0.195 e. The van der Waals surface area contributed by atoms with E-state index in [2.05, 4.69) is 33.0 Å². The van der Waals surface area contributed by atoms with Crippen LogP contribution < -0.4 is 0 Å². The summed E-state index contributed by atoms with van der Waals surface area (Å²) in [5, 5.41) is 0. The fraction of sp³-hybridized carbons (Fsp3) is 0.167. The molecule has 2 aromatic carbocycles. The van der Waals surface area contributed by atoms with Gasteiger partial charge < -0.3 is 0 Å². The zero-order chi connectivity index (χ0) is 15.5. The van der Waals surface area contributed by atoms with Crippen LogP contribution in [0.5, 0.6) is 0 Å². The van der Waals surface area contributed by atoms with Crippen LogP contribution in [0.1, 0.15) is 21.5 Å². The van der Waals surface area contributed by atoms with Crippen molar-refractivity contribution in [3.8, 4) is 0 Å². The van der Waals surface area contributed by atoms with E-state index in [1.165, 1.54) is 12.1 Å². The van der Waals surface area contributed by atoms with E-state index in [-0.39, 0.29) is 11.3 Å². The lowest BCUT2D eigenvalue weighted by molar-refractivity contribution is 0.103. The third kappa shape index (κ3) is 3.34. The molecule has 112 valence electrons. The standard InChI is InChI=1S/C18H15BrFNO/c19-15-7-8-16(17(20)11-15)18(22)14-5-3-13(4-6-14)12-21-9-1-2-10-21/h1-8,11H,9-10,12H2. The molecular weight excluding hydrogens is 345 g/mol. The third-order valence-corrected chi connectivity index (χ3v) is 4.19. The van der Waals surface area contributed by atoms with Crippen molar-refractivity contribution >= 4 is 21.7 Å². The van der Waals surface area contributed by atoms with E-state index in [1.54, 1.807) is 18.2 Å². The molecular formula is C18H15BrFNO. The van der Waals surface area contributed by atoms with Gasteiger partial charge in [0.25, 0.3) is 0 Å². The number of rotatable bonds is 4. The number of carbonyl (C=O) groups is 1. The van der Waals surface area contributed by atoms with Gasteiger partial charge in [-0.3, -0.25) is 9.69 Å². The third-order valence-electron chi connectivity index (χ3n) is 3.69. The molecule has 0 aliphatic carbocycles. The Morgan fingerprint density at radius 1 is 1.09 bits per heavy atom. The normalized spacial score (nSPS) is 14.5. The SMILES string of the molecule is O=C(c1ccc(CN2CC=CC2)cc1)c1ccc(Br)cc1F. The first kappa shape index (κ1) is 15.1. The molecule has 0 saturated carbocycles. The van der Waals surface area contributed by atoms with E-state index in [1.807, 2.05) is 12.1 Å². The number of hydrogen-bond donors (Lipinski definition) is 0. The Bertz CT molecular complexity index is 716. The van der Waals surface area contributed by atoms with Crippen molar-refractivity contribution in [1.82, 2.24) is 4.90 Å². The highest BCUT2D eigenvalue weighted by Crippen LogP contribution is 2.19. The van der Waals surface area contributed by atoms with Crippen molar-refractivity contribution in [3.63, 3.8) is 0 Å². The van der Waals surface area contributed by atoms with Gasteiger partial charge in [0.2, 0.25) is 0 Å². The number of benzene rings is 2. The lowest BCUT2D eigenvalue weighted by Crippen LogP contribution is -2.19. The number of halogens is 2. The Balaban J connectivity index is 1.75. The van der Waals surface area contributed by atoms with Crippen molar-refractivity contribution in [3.05, 3.63) is 81.6 Å². The first-order valence-electron chi connectivity index (χ1n) is 7.09. The fourth-order valence-electron chi connectivity index (χ4n) is 2.50. The Labute approximate surface area is 137 Å². The summed E-state index contributed by atoms with van der Waals surface area (Å²) in [7, 11) is 0. The average molecular weight is 360 g/mol. The monoisotopic (exact) mass is 359 g/mol. The lowest BCUT2D eigenvalue weighted by atomic mass is 10.0. The molecule has 4 heteroatoms. The van der Waals surface area contributed by atoms with Gasteiger partial charge in [0.05, 0.1) is 5.56 Å². The highest BCUT2D eigenvalue weighted by atomic mass is 79.9. The van der Waals surface area contributed by atoms with Crippen molar-refractivity contribution in [2.24, 2.45) is 0 Å². The number of carbonyl (C=O) groups excluding carboxylic acids is 1. The van der Waals surface area contributed by atoms with Crippen LogP contribution in [0, 0.1) is 5.82 Å². The second kappa shape index (κ2) is 6.55. The minimum Gasteiger partial charge on any atom is -0.292 e. The summed E-state index contributed by atoms with van der Waals surface area (Å²) in [5.41, 5.74) is 1.75. The largest absolute Gasteiger partial charge is 0.292 e. The van der Waals surface area contributed by atoms with E-state index in [0.717, 1.165) is 25.2 Å². The van der Waals surface area contributed by atoms with E-state index in [4.69, 9.17) is 0 Å². The van der Waals surface area contributed by atoms with Crippen molar-refractivity contribution < 1.29 is 9.18 Å². The van der Waals surface area contributed by atoms with Gasteiger partial charge in [0, 0.05) is 29.7 Å². The zero-order valence-corrected chi connectivity index (χ0v) is 13.5. The summed E-state index contributed by atoms with van der Waals surface area (Å²) in [6, 6.07) is 11.9. The molecule has 0 aromatic heterocycles. The molecule has 3 rings (SSSR count). The Hall–Kier alpha value is -1.78. The van der Waals surface area contributed by atoms with Gasteiger partial charge in [0.1, 0.15) is 5.82 Å². The summed E-state index contributed by atoms with van der Waals surface area (Å²) in [6.07, 6.45) is 4.29. The minimum absolute atomic E-state index is 0.0969. The van der Waals surface area contributed by atoms with Crippen LogP contribution >= 0.6 is 15.9 Å². The van der Waals surface area contributed by atoms with E-state index >= 15 is 0 Å². The molecule has 0 spiro atoms. The minimum atomic E-state index is -0.508. The summed E-state index contributed by atoms with van der Waals surface area (Å²) >= 11 is 3.19. The molecule has 0 saturated heterocycles. The quantitative estimate of drug-likeness (QED) is 0.602. The van der Waals surface area contributed by atoms with E-state index in [9.17, 15) is 9.18 Å². The van der Waals surface area contributed by atoms with E-state index < -0.39 is 5.82 Å². The molecule has 0 amide bonds. The van der Waals surface area contributed by atoms with Crippen LogP contribution in [0.15, 0.2) is 59.1 Å². The first-order chi connectivity index (χ1) is 10.6. The Morgan fingerprint density at radius 2 is 1.77 bits per heavy atom. The molecule has 1 aliphatic rings. The molecule has 1 heterocycles. The second-order valence-corrected chi connectivity index (χ2v) is 6.23. The Kier molecular flexibility index (Phi) is 4.50. The van der Waals surface area contributed by atoms with Crippen LogP contribution in [0.3, 0.4) is 0 Å². The van der Waals surface area contributed by atoms with Crippen LogP contribution in [0.4, 0.5) is 4.39 Å². The molecule has 0 radical (unpaired) electrons. The maximum absolute atomic E-state index is 13.9. The van der Waals surface area contributed by atoms with Crippen LogP contribution in [-0.4, -0.2) is 23.8 Å². The van der Waals surface area contributed by atoms with Crippen LogP contribution in [0.25, 0.3) is 0 Å². The van der Waals surface area contributed by atoms with Gasteiger partial charge in [-0.1, -0.05) is 52.3 Å². The lowest BCUT2D eigenvalue weighted by Gasteiger charge is -2.14. The molecule has 2 nitrogen and oxygen atoms in total. The summed E-state index contributed by atoms with van der Waals surface area (Å²) in [6.45, 7) is 2.78. The molecule has 2 aromatic rings. The van der Waals surface area contributed by atoms with Crippen LogP contribution in [0.2, 0.25) is 0 Å². The second-order valence-electron chi connectivity index (χ2n) is 5.32. The molecule has 0 bridgehead atoms. The summed E-state index contributed by atoms with van der Waals surface area (Å²) in [4.78, 5) is 14.7. The van der Waals surface area contributed by atoms with Crippen molar-refractivity contribution in [2.45, 2.75) is 6.54 Å². The first-order valence-corrected chi connectivity index (χ1v) is 7.89. The fourth-order valence-corrected chi connectivity index (χ4v) is 2.83. The molecule has 0 N–H and O–H groups in total.